The smallest absolute Gasteiger partial charge is 0.191 e. The minimum absolute atomic E-state index is 0.518. The lowest BCUT2D eigenvalue weighted by Gasteiger charge is -2.11. The molecule has 0 atom stereocenters. The van der Waals surface area contributed by atoms with E-state index in [2.05, 4.69) is 20.6 Å². The topological polar surface area (TPSA) is 71.7 Å². The number of hydrogen-bond donors (Lipinski definition) is 2. The van der Waals surface area contributed by atoms with Crippen LogP contribution in [0.4, 0.5) is 0 Å². The first-order valence-electron chi connectivity index (χ1n) is 7.23. The van der Waals surface area contributed by atoms with E-state index in [1.807, 2.05) is 24.6 Å². The summed E-state index contributed by atoms with van der Waals surface area (Å²) in [7, 11) is 1.77. The second kappa shape index (κ2) is 9.22. The molecule has 6 nitrogen and oxygen atoms in total. The van der Waals surface area contributed by atoms with Crippen molar-refractivity contribution < 1.29 is 9.15 Å². The first-order chi connectivity index (χ1) is 10.8. The maximum atomic E-state index is 5.53. The highest BCUT2D eigenvalue weighted by molar-refractivity contribution is 7.09. The summed E-state index contributed by atoms with van der Waals surface area (Å²) in [5, 5.41) is 6.54. The first-order valence-corrected chi connectivity index (χ1v) is 8.11. The fourth-order valence-corrected chi connectivity index (χ4v) is 2.55. The van der Waals surface area contributed by atoms with E-state index >= 15 is 0 Å². The number of ether oxygens (including phenoxy) is 1. The third kappa shape index (κ3) is 5.50. The summed E-state index contributed by atoms with van der Waals surface area (Å²) in [6.07, 6.45) is 2.56. The van der Waals surface area contributed by atoms with Gasteiger partial charge in [-0.3, -0.25) is 4.99 Å². The van der Waals surface area contributed by atoms with Crippen LogP contribution in [-0.2, 0) is 17.9 Å². The molecule has 0 saturated carbocycles. The van der Waals surface area contributed by atoms with Gasteiger partial charge in [-0.05, 0) is 25.5 Å². The largest absolute Gasteiger partial charge is 0.467 e. The maximum Gasteiger partial charge on any atom is 0.191 e. The summed E-state index contributed by atoms with van der Waals surface area (Å²) in [6.45, 7) is 4.76. The van der Waals surface area contributed by atoms with Crippen molar-refractivity contribution in [3.05, 3.63) is 40.2 Å². The van der Waals surface area contributed by atoms with Gasteiger partial charge in [0.2, 0.25) is 0 Å². The molecule has 7 heteroatoms. The van der Waals surface area contributed by atoms with Gasteiger partial charge in [0.25, 0.3) is 0 Å². The average molecular weight is 322 g/mol. The molecule has 0 aromatic carbocycles. The summed E-state index contributed by atoms with van der Waals surface area (Å²) < 4.78 is 10.7. The first kappa shape index (κ1) is 16.5. The Kier molecular flexibility index (Phi) is 6.92. The minimum Gasteiger partial charge on any atom is -0.467 e. The molecule has 2 heterocycles. The molecule has 0 unspecified atom stereocenters. The Morgan fingerprint density at radius 1 is 1.45 bits per heavy atom. The van der Waals surface area contributed by atoms with Crippen molar-refractivity contribution in [2.45, 2.75) is 26.5 Å². The minimum atomic E-state index is 0.518. The number of aromatic nitrogens is 1. The van der Waals surface area contributed by atoms with Gasteiger partial charge in [0.1, 0.15) is 12.4 Å². The van der Waals surface area contributed by atoms with Gasteiger partial charge in [-0.1, -0.05) is 0 Å². The quantitative estimate of drug-likeness (QED) is 0.443. The fraction of sp³-hybridized carbons (Fsp3) is 0.467. The van der Waals surface area contributed by atoms with Crippen LogP contribution < -0.4 is 10.6 Å². The molecule has 22 heavy (non-hydrogen) atoms. The summed E-state index contributed by atoms with van der Waals surface area (Å²) in [5.74, 6) is 1.64. The molecule has 0 bridgehead atoms. The molecular weight excluding hydrogens is 300 g/mol. The van der Waals surface area contributed by atoms with Crippen LogP contribution in [0.25, 0.3) is 0 Å². The van der Waals surface area contributed by atoms with Gasteiger partial charge in [0.15, 0.2) is 5.96 Å². The van der Waals surface area contributed by atoms with Crippen molar-refractivity contribution in [2.75, 3.05) is 20.2 Å². The molecule has 0 aliphatic heterocycles. The van der Waals surface area contributed by atoms with Crippen LogP contribution in [-0.4, -0.2) is 31.1 Å². The number of aryl methyl sites for hydroxylation is 1. The van der Waals surface area contributed by atoms with E-state index < -0.39 is 0 Å². The second-order valence-electron chi connectivity index (χ2n) is 4.70. The molecule has 0 aliphatic rings. The van der Waals surface area contributed by atoms with E-state index in [9.17, 15) is 0 Å². The Morgan fingerprint density at radius 3 is 3.05 bits per heavy atom. The molecule has 2 rings (SSSR count). The summed E-state index contributed by atoms with van der Waals surface area (Å²) in [6, 6.07) is 3.77. The van der Waals surface area contributed by atoms with Gasteiger partial charge in [0, 0.05) is 25.1 Å². The third-order valence-corrected chi connectivity index (χ3v) is 4.00. The highest BCUT2D eigenvalue weighted by Crippen LogP contribution is 2.10. The molecule has 2 aromatic rings. The predicted molar refractivity (Wildman–Crippen MR) is 88.0 cm³/mol. The fourth-order valence-electron chi connectivity index (χ4n) is 1.83. The average Bonchev–Trinajstić information content (AvgIpc) is 3.17. The summed E-state index contributed by atoms with van der Waals surface area (Å²) in [4.78, 5) is 9.66. The standard InChI is InChI=1S/C15H22N4O2S/c1-12-14(22-11-19-12)9-18-15(16-2)17-6-4-7-20-10-13-5-3-8-21-13/h3,5,8,11H,4,6-7,9-10H2,1-2H3,(H2,16,17,18). The van der Waals surface area contributed by atoms with Gasteiger partial charge < -0.3 is 19.8 Å². The number of thiazole rings is 1. The van der Waals surface area contributed by atoms with Gasteiger partial charge in [-0.15, -0.1) is 11.3 Å². The number of nitrogens with one attached hydrogen (secondary N) is 2. The van der Waals surface area contributed by atoms with E-state index in [0.717, 1.165) is 36.9 Å². The van der Waals surface area contributed by atoms with E-state index in [-0.39, 0.29) is 0 Å². The molecule has 0 fully saturated rings. The Labute approximate surface area is 134 Å². The molecule has 0 aliphatic carbocycles. The molecule has 0 spiro atoms. The number of nitrogens with zero attached hydrogens (tertiary/aromatic N) is 2. The zero-order valence-electron chi connectivity index (χ0n) is 13.0. The highest BCUT2D eigenvalue weighted by atomic mass is 32.1. The highest BCUT2D eigenvalue weighted by Gasteiger charge is 2.03. The van der Waals surface area contributed by atoms with Crippen molar-refractivity contribution in [3.8, 4) is 0 Å². The van der Waals surface area contributed by atoms with E-state index in [1.54, 1.807) is 24.6 Å². The molecule has 120 valence electrons. The van der Waals surface area contributed by atoms with Crippen LogP contribution >= 0.6 is 11.3 Å². The molecular formula is C15H22N4O2S. The zero-order valence-corrected chi connectivity index (χ0v) is 13.8. The molecule has 0 saturated heterocycles. The number of guanidine groups is 1. The molecule has 2 N–H and O–H groups in total. The Bertz CT molecular complexity index is 566. The lowest BCUT2D eigenvalue weighted by Crippen LogP contribution is -2.37. The Hall–Kier alpha value is -1.86. The monoisotopic (exact) mass is 322 g/mol. The Balaban J connectivity index is 1.55. The van der Waals surface area contributed by atoms with Crippen molar-refractivity contribution in [1.29, 1.82) is 0 Å². The van der Waals surface area contributed by atoms with Gasteiger partial charge in [-0.2, -0.15) is 0 Å². The number of furan rings is 1. The van der Waals surface area contributed by atoms with Crippen LogP contribution in [0, 0.1) is 6.92 Å². The number of aliphatic imine (C=N–C) groups is 1. The van der Waals surface area contributed by atoms with Crippen LogP contribution in [0.1, 0.15) is 22.8 Å². The zero-order chi connectivity index (χ0) is 15.6. The second-order valence-corrected chi connectivity index (χ2v) is 5.64. The van der Waals surface area contributed by atoms with E-state index in [0.29, 0.717) is 13.2 Å². The normalized spacial score (nSPS) is 11.6. The van der Waals surface area contributed by atoms with Crippen LogP contribution in [0.15, 0.2) is 33.3 Å². The molecule has 2 aromatic heterocycles. The van der Waals surface area contributed by atoms with E-state index in [1.165, 1.54) is 4.88 Å². The van der Waals surface area contributed by atoms with Crippen LogP contribution in [0.2, 0.25) is 0 Å². The summed E-state index contributed by atoms with van der Waals surface area (Å²) in [5.41, 5.74) is 2.93. The lowest BCUT2D eigenvalue weighted by molar-refractivity contribution is 0.105. The van der Waals surface area contributed by atoms with E-state index in [4.69, 9.17) is 9.15 Å². The lowest BCUT2D eigenvalue weighted by atomic mass is 10.4. The molecule has 0 radical (unpaired) electrons. The number of hydrogen-bond acceptors (Lipinski definition) is 5. The molecule has 0 amide bonds. The summed E-state index contributed by atoms with van der Waals surface area (Å²) >= 11 is 1.65. The predicted octanol–water partition coefficient (Wildman–Crippen LogP) is 2.32. The number of rotatable bonds is 8. The van der Waals surface area contributed by atoms with Gasteiger partial charge >= 0.3 is 0 Å². The van der Waals surface area contributed by atoms with Crippen LogP contribution in [0.3, 0.4) is 0 Å². The SMILES string of the molecule is CN=C(NCCCOCc1ccco1)NCc1scnc1C. The van der Waals surface area contributed by atoms with Crippen molar-refractivity contribution in [1.82, 2.24) is 15.6 Å². The maximum absolute atomic E-state index is 5.53. The Morgan fingerprint density at radius 2 is 2.36 bits per heavy atom. The van der Waals surface area contributed by atoms with Gasteiger partial charge in [0.05, 0.1) is 24.0 Å². The van der Waals surface area contributed by atoms with Crippen molar-refractivity contribution >= 4 is 17.3 Å². The van der Waals surface area contributed by atoms with Crippen molar-refractivity contribution in [2.24, 2.45) is 4.99 Å². The van der Waals surface area contributed by atoms with Crippen molar-refractivity contribution in [3.63, 3.8) is 0 Å². The van der Waals surface area contributed by atoms with Gasteiger partial charge in [-0.25, -0.2) is 4.98 Å². The van der Waals surface area contributed by atoms with Crippen LogP contribution in [0.5, 0.6) is 0 Å². The third-order valence-electron chi connectivity index (χ3n) is 3.07.